The monoisotopic (exact) mass is 274 g/mol. The van der Waals surface area contributed by atoms with E-state index in [0.29, 0.717) is 12.0 Å². The molecule has 20 heavy (non-hydrogen) atoms. The molecule has 1 aromatic carbocycles. The van der Waals surface area contributed by atoms with Gasteiger partial charge in [0.05, 0.1) is 0 Å². The lowest BCUT2D eigenvalue weighted by atomic mass is 9.75. The first kappa shape index (κ1) is 13.2. The minimum Gasteiger partial charge on any atom is -0.313 e. The predicted octanol–water partition coefficient (Wildman–Crippen LogP) is 2.03. The highest BCUT2D eigenvalue weighted by atomic mass is 19.1. The van der Waals surface area contributed by atoms with E-state index in [1.165, 1.54) is 0 Å². The molecule has 1 N–H and O–H groups in total. The van der Waals surface area contributed by atoms with E-state index in [4.69, 9.17) is 0 Å². The fourth-order valence-electron chi connectivity index (χ4n) is 2.73. The second kappa shape index (κ2) is 5.71. The van der Waals surface area contributed by atoms with Crippen molar-refractivity contribution in [3.05, 3.63) is 47.8 Å². The second-order valence-electron chi connectivity index (χ2n) is 5.43. The summed E-state index contributed by atoms with van der Waals surface area (Å²) < 4.78 is 15.3. The molecule has 0 amide bonds. The minimum absolute atomic E-state index is 0.0753. The van der Waals surface area contributed by atoms with Crippen LogP contribution < -0.4 is 5.32 Å². The summed E-state index contributed by atoms with van der Waals surface area (Å²) in [5, 5.41) is 7.73. The third-order valence-electron chi connectivity index (χ3n) is 3.91. The van der Waals surface area contributed by atoms with Crippen molar-refractivity contribution in [1.82, 2.24) is 20.1 Å². The van der Waals surface area contributed by atoms with Crippen LogP contribution in [0.15, 0.2) is 30.6 Å². The first-order valence-corrected chi connectivity index (χ1v) is 7.04. The Labute approximate surface area is 118 Å². The molecule has 1 fully saturated rings. The lowest BCUT2D eigenvalue weighted by molar-refractivity contribution is 0.286. The van der Waals surface area contributed by atoms with Gasteiger partial charge in [0, 0.05) is 26.1 Å². The quantitative estimate of drug-likeness (QED) is 0.907. The highest BCUT2D eigenvalue weighted by molar-refractivity contribution is 5.24. The zero-order valence-electron chi connectivity index (χ0n) is 11.6. The Morgan fingerprint density at radius 3 is 2.85 bits per heavy atom. The molecule has 2 aromatic rings. The molecule has 106 valence electrons. The molecule has 0 bridgehead atoms. The second-order valence-corrected chi connectivity index (χ2v) is 5.43. The molecular weight excluding hydrogens is 255 g/mol. The van der Waals surface area contributed by atoms with Gasteiger partial charge in [-0.25, -0.2) is 9.37 Å². The summed E-state index contributed by atoms with van der Waals surface area (Å²) in [7, 11) is 1.87. The lowest BCUT2D eigenvalue weighted by Crippen LogP contribution is -2.41. The number of hydrogen-bond donors (Lipinski definition) is 1. The Morgan fingerprint density at radius 1 is 1.35 bits per heavy atom. The summed E-state index contributed by atoms with van der Waals surface area (Å²) in [6.07, 6.45) is 4.57. The summed E-state index contributed by atoms with van der Waals surface area (Å²) in [5.41, 5.74) is 0.858. The number of aromatic nitrogens is 3. The van der Waals surface area contributed by atoms with Crippen LogP contribution in [0.25, 0.3) is 0 Å². The fraction of sp³-hybridized carbons (Fsp3) is 0.467. The Hall–Kier alpha value is -1.75. The van der Waals surface area contributed by atoms with Gasteiger partial charge in [0.1, 0.15) is 12.1 Å². The molecular formula is C15H19FN4. The summed E-state index contributed by atoms with van der Waals surface area (Å²) in [5.74, 6) is 1.15. The molecule has 0 unspecified atom stereocenters. The van der Waals surface area contributed by atoms with Gasteiger partial charge in [-0.05, 0) is 30.4 Å². The van der Waals surface area contributed by atoms with Crippen LogP contribution in [-0.4, -0.2) is 27.4 Å². The third-order valence-corrected chi connectivity index (χ3v) is 3.91. The van der Waals surface area contributed by atoms with Crippen LogP contribution in [0.3, 0.4) is 0 Å². The lowest BCUT2D eigenvalue weighted by Gasteiger charge is -2.36. The number of nitrogens with one attached hydrogen (secondary N) is 1. The van der Waals surface area contributed by atoms with Crippen LogP contribution in [0.1, 0.15) is 30.1 Å². The fourth-order valence-corrected chi connectivity index (χ4v) is 2.73. The Morgan fingerprint density at radius 2 is 2.15 bits per heavy atom. The molecule has 4 nitrogen and oxygen atoms in total. The zero-order chi connectivity index (χ0) is 13.9. The molecule has 3 rings (SSSR count). The maximum Gasteiger partial charge on any atom is 0.151 e. The number of halogens is 1. The molecule has 1 aliphatic carbocycles. The van der Waals surface area contributed by atoms with Crippen molar-refractivity contribution >= 4 is 0 Å². The van der Waals surface area contributed by atoms with Gasteiger partial charge in [-0.15, -0.1) is 0 Å². The number of rotatable bonds is 5. The number of nitrogens with zero attached hydrogens (tertiary/aromatic N) is 3. The van der Waals surface area contributed by atoms with Crippen LogP contribution in [0.5, 0.6) is 0 Å². The normalized spacial score (nSPS) is 21.7. The Balaban J connectivity index is 1.41. The van der Waals surface area contributed by atoms with E-state index in [-0.39, 0.29) is 5.82 Å². The number of benzene rings is 1. The Kier molecular flexibility index (Phi) is 3.78. The Bertz CT molecular complexity index is 575. The van der Waals surface area contributed by atoms with Crippen LogP contribution >= 0.6 is 0 Å². The van der Waals surface area contributed by atoms with Gasteiger partial charge in [-0.1, -0.05) is 18.2 Å². The van der Waals surface area contributed by atoms with Gasteiger partial charge in [0.2, 0.25) is 0 Å². The van der Waals surface area contributed by atoms with E-state index in [9.17, 15) is 4.39 Å². The number of hydrogen-bond acceptors (Lipinski definition) is 3. The summed E-state index contributed by atoms with van der Waals surface area (Å²) in [6.45, 7) is 0.874. The van der Waals surface area contributed by atoms with Crippen molar-refractivity contribution in [3.63, 3.8) is 0 Å². The van der Waals surface area contributed by atoms with Crippen molar-refractivity contribution < 1.29 is 4.39 Å². The maximum absolute atomic E-state index is 13.6. The minimum atomic E-state index is -0.0753. The van der Waals surface area contributed by atoms with E-state index in [0.717, 1.165) is 37.2 Å². The van der Waals surface area contributed by atoms with Crippen molar-refractivity contribution in [2.45, 2.75) is 31.2 Å². The average Bonchev–Trinajstić information content (AvgIpc) is 2.79. The SMILES string of the molecule is Cn1cnc(CCNC2CC(c3ccccc3F)C2)n1. The average molecular weight is 274 g/mol. The van der Waals surface area contributed by atoms with Gasteiger partial charge in [0.15, 0.2) is 5.82 Å². The van der Waals surface area contributed by atoms with E-state index >= 15 is 0 Å². The predicted molar refractivity (Wildman–Crippen MR) is 74.9 cm³/mol. The summed E-state index contributed by atoms with van der Waals surface area (Å²) >= 11 is 0. The van der Waals surface area contributed by atoms with Gasteiger partial charge in [0.25, 0.3) is 0 Å². The van der Waals surface area contributed by atoms with Gasteiger partial charge < -0.3 is 5.32 Å². The summed E-state index contributed by atoms with van der Waals surface area (Å²) in [6, 6.07) is 7.58. The molecule has 1 saturated carbocycles. The van der Waals surface area contributed by atoms with E-state index in [2.05, 4.69) is 15.4 Å². The van der Waals surface area contributed by atoms with Crippen LogP contribution in [-0.2, 0) is 13.5 Å². The molecule has 5 heteroatoms. The van der Waals surface area contributed by atoms with Crippen LogP contribution in [0.2, 0.25) is 0 Å². The van der Waals surface area contributed by atoms with Crippen molar-refractivity contribution in [3.8, 4) is 0 Å². The molecule has 1 heterocycles. The van der Waals surface area contributed by atoms with Gasteiger partial charge in [-0.2, -0.15) is 5.10 Å². The summed E-state index contributed by atoms with van der Waals surface area (Å²) in [4.78, 5) is 4.19. The van der Waals surface area contributed by atoms with E-state index in [1.54, 1.807) is 23.1 Å². The van der Waals surface area contributed by atoms with Crippen molar-refractivity contribution in [1.29, 1.82) is 0 Å². The van der Waals surface area contributed by atoms with Crippen molar-refractivity contribution in [2.24, 2.45) is 7.05 Å². The molecule has 0 aliphatic heterocycles. The van der Waals surface area contributed by atoms with Crippen molar-refractivity contribution in [2.75, 3.05) is 6.54 Å². The zero-order valence-corrected chi connectivity index (χ0v) is 11.6. The van der Waals surface area contributed by atoms with E-state index < -0.39 is 0 Å². The van der Waals surface area contributed by atoms with Gasteiger partial charge in [-0.3, -0.25) is 4.68 Å². The molecule has 1 aliphatic rings. The largest absolute Gasteiger partial charge is 0.313 e. The standard InChI is InChI=1S/C15H19FN4/c1-20-10-18-15(19-20)6-7-17-12-8-11(9-12)13-4-2-3-5-14(13)16/h2-5,10-12,17H,6-9H2,1H3. The highest BCUT2D eigenvalue weighted by Gasteiger charge is 2.31. The number of aryl methyl sites for hydroxylation is 1. The van der Waals surface area contributed by atoms with Crippen LogP contribution in [0.4, 0.5) is 4.39 Å². The topological polar surface area (TPSA) is 42.7 Å². The molecule has 1 aromatic heterocycles. The van der Waals surface area contributed by atoms with Gasteiger partial charge >= 0.3 is 0 Å². The first-order chi connectivity index (χ1) is 9.72. The first-order valence-electron chi connectivity index (χ1n) is 7.04. The molecule has 0 saturated heterocycles. The van der Waals surface area contributed by atoms with Crippen LogP contribution in [0, 0.1) is 5.82 Å². The molecule has 0 atom stereocenters. The maximum atomic E-state index is 13.6. The highest BCUT2D eigenvalue weighted by Crippen LogP contribution is 2.37. The molecule has 0 spiro atoms. The third kappa shape index (κ3) is 2.88. The van der Waals surface area contributed by atoms with E-state index in [1.807, 2.05) is 19.2 Å². The molecule has 0 radical (unpaired) electrons. The smallest absolute Gasteiger partial charge is 0.151 e.